The van der Waals surface area contributed by atoms with Gasteiger partial charge >= 0.3 is 148 Å². The van der Waals surface area contributed by atoms with Gasteiger partial charge in [-0.25, -0.2) is 0 Å². The van der Waals surface area contributed by atoms with Crippen LogP contribution in [0.4, 0.5) is 16.2 Å². The monoisotopic (exact) mass is 658 g/mol. The summed E-state index contributed by atoms with van der Waals surface area (Å²) in [7, 11) is 0. The first-order valence-electron chi connectivity index (χ1n) is 16.5. The molecule has 0 radical (unpaired) electrons. The summed E-state index contributed by atoms with van der Waals surface area (Å²) in [5.41, 5.74) is 8.06. The average molecular weight is 659 g/mol. The zero-order valence-corrected chi connectivity index (χ0v) is 28.2. The quantitative estimate of drug-likeness (QED) is 0.0784. The number of H-pyrrole nitrogens is 1. The number of carbonyl (C=O) groups excluding carboxylic acids is 1. The number of unbranched alkanes of at least 4 members (excludes halogenated alkanes) is 7. The predicted octanol–water partition coefficient (Wildman–Crippen LogP) is 8.26. The van der Waals surface area contributed by atoms with Crippen molar-refractivity contribution in [2.75, 3.05) is 23.3 Å². The van der Waals surface area contributed by atoms with Crippen LogP contribution in [0.3, 0.4) is 0 Å². The number of fused-ring (bicyclic) bond motifs is 3. The number of amides is 1. The number of aromatic amines is 1. The number of aromatic nitrogens is 2. The number of para-hydroxylation sites is 1. The van der Waals surface area contributed by atoms with Gasteiger partial charge in [0.1, 0.15) is 0 Å². The van der Waals surface area contributed by atoms with Crippen LogP contribution in [0.2, 0.25) is 5.21 Å². The first-order chi connectivity index (χ1) is 21.5. The summed E-state index contributed by atoms with van der Waals surface area (Å²) in [5.74, 6) is 0. The van der Waals surface area contributed by atoms with E-state index in [1.807, 2.05) is 24.4 Å². The van der Waals surface area contributed by atoms with Gasteiger partial charge in [0, 0.05) is 23.3 Å². The van der Waals surface area contributed by atoms with Gasteiger partial charge in [-0.1, -0.05) is 37.5 Å². The number of benzene rings is 2. The van der Waals surface area contributed by atoms with E-state index in [0.717, 1.165) is 77.9 Å². The number of rotatable bonds is 17. The van der Waals surface area contributed by atoms with E-state index >= 15 is 0 Å². The molecule has 0 aliphatic heterocycles. The minimum atomic E-state index is -0.904. The Bertz CT molecular complexity index is 1570. The Labute approximate surface area is 267 Å². The Morgan fingerprint density at radius 2 is 1.70 bits per heavy atom. The zero-order chi connectivity index (χ0) is 30.7. The Morgan fingerprint density at radius 3 is 2.50 bits per heavy atom. The Hall–Kier alpha value is -3.31. The Kier molecular flexibility index (Phi) is 11.8. The van der Waals surface area contributed by atoms with E-state index in [1.165, 1.54) is 72.2 Å². The number of hydrogen-bond acceptors (Lipinski definition) is 4. The molecular formula is C36H47AsN4O3. The number of nitrogens with zero attached hydrogens (tertiary/aromatic N) is 2. The van der Waals surface area contributed by atoms with Gasteiger partial charge in [-0.3, -0.25) is 4.98 Å². The van der Waals surface area contributed by atoms with Crippen molar-refractivity contribution in [3.05, 3.63) is 65.5 Å². The average Bonchev–Trinajstić information content (AvgIpc) is 3.42. The number of aryl methyl sites for hydroxylation is 2. The molecule has 7 nitrogen and oxygen atoms in total. The summed E-state index contributed by atoms with van der Waals surface area (Å²) in [6.07, 6.45) is 15.8. The van der Waals surface area contributed by atoms with Crippen LogP contribution >= 0.6 is 0 Å². The van der Waals surface area contributed by atoms with Crippen LogP contribution in [0, 0.1) is 0 Å². The van der Waals surface area contributed by atoms with E-state index in [0.29, 0.717) is 11.1 Å². The van der Waals surface area contributed by atoms with Crippen LogP contribution in [0.1, 0.15) is 88.0 Å². The van der Waals surface area contributed by atoms with Crippen molar-refractivity contribution in [1.82, 2.24) is 9.97 Å². The van der Waals surface area contributed by atoms with Crippen LogP contribution < -0.4 is 10.2 Å². The molecule has 1 amide bonds. The molecule has 1 atom stereocenters. The number of carbonyl (C=O) groups is 2. The second-order valence-electron chi connectivity index (χ2n) is 12.1. The molecule has 2 aromatic heterocycles. The number of pyridine rings is 1. The van der Waals surface area contributed by atoms with Gasteiger partial charge < -0.3 is 5.32 Å². The van der Waals surface area contributed by atoms with Crippen molar-refractivity contribution in [3.8, 4) is 0 Å². The van der Waals surface area contributed by atoms with Gasteiger partial charge in [0.2, 0.25) is 0 Å². The molecule has 5 rings (SSSR count). The number of carboxylic acid groups (broad SMARTS) is 1. The second kappa shape index (κ2) is 16.1. The molecule has 234 valence electrons. The van der Waals surface area contributed by atoms with Gasteiger partial charge in [-0.05, 0) is 43.7 Å². The number of hydrogen-bond donors (Lipinski definition) is 3. The van der Waals surface area contributed by atoms with Crippen LogP contribution in [0.25, 0.3) is 21.8 Å². The first kappa shape index (κ1) is 32.1. The molecule has 0 saturated heterocycles. The van der Waals surface area contributed by atoms with E-state index in [4.69, 9.17) is 4.98 Å². The van der Waals surface area contributed by atoms with Crippen molar-refractivity contribution < 1.29 is 14.7 Å². The van der Waals surface area contributed by atoms with Gasteiger partial charge in [-0.15, -0.1) is 0 Å². The molecule has 2 aromatic carbocycles. The fourth-order valence-corrected chi connectivity index (χ4v) is 8.06. The third-order valence-electron chi connectivity index (χ3n) is 8.84. The van der Waals surface area contributed by atoms with Crippen molar-refractivity contribution in [2.45, 2.75) is 95.6 Å². The Morgan fingerprint density at radius 1 is 0.955 bits per heavy atom. The van der Waals surface area contributed by atoms with E-state index in [1.54, 1.807) is 6.92 Å². The molecule has 4 aromatic rings. The second-order valence-corrected chi connectivity index (χ2v) is 15.4. The number of nitrogens with one attached hydrogen (secondary N) is 2. The van der Waals surface area contributed by atoms with Crippen molar-refractivity contribution in [3.63, 3.8) is 0 Å². The third kappa shape index (κ3) is 8.44. The van der Waals surface area contributed by atoms with E-state index in [2.05, 4.69) is 34.6 Å². The molecule has 0 saturated carbocycles. The molecule has 1 unspecified atom stereocenters. The van der Waals surface area contributed by atoms with Crippen molar-refractivity contribution >= 4 is 59.6 Å². The summed E-state index contributed by atoms with van der Waals surface area (Å²) in [6.45, 7) is 3.19. The summed E-state index contributed by atoms with van der Waals surface area (Å²) in [4.78, 5) is 33.2. The third-order valence-corrected chi connectivity index (χ3v) is 10.9. The molecule has 44 heavy (non-hydrogen) atoms. The standard InChI is InChI=1S/C36H47AsN4O3/c1-26(42)37-21-20-27-25-39-32-19-18-28(24-31(27)32)41(36(43)44)23-13-7-5-3-2-4-6-12-22-38-35-29-14-8-10-16-33(29)40-34-17-11-9-15-30(34)35/h8,10,14,16,18-19,24-25,37,39H,2-7,9,11-13,15,17,20-23H2,1H3,(H,38,40)(H,43,44). The molecule has 8 heteroatoms. The minimum absolute atomic E-state index is 0.323. The molecule has 0 fully saturated rings. The molecule has 1 aliphatic carbocycles. The zero-order valence-electron chi connectivity index (χ0n) is 26.1. The maximum absolute atomic E-state index is 12.1. The molecule has 3 N–H and O–H groups in total. The van der Waals surface area contributed by atoms with Crippen LogP contribution in [0.15, 0.2) is 48.7 Å². The van der Waals surface area contributed by atoms with E-state index in [-0.39, 0.29) is 0 Å². The Balaban J connectivity index is 0.995. The van der Waals surface area contributed by atoms with E-state index < -0.39 is 21.8 Å². The van der Waals surface area contributed by atoms with Gasteiger partial charge in [0.15, 0.2) is 0 Å². The molecule has 2 heterocycles. The number of anilines is 2. The molecule has 0 bridgehead atoms. The normalized spacial score (nSPS) is 13.1. The van der Waals surface area contributed by atoms with Crippen molar-refractivity contribution in [1.29, 1.82) is 0 Å². The SMILES string of the molecule is CC(=O)[AsH]CCc1c[nH]c2ccc(N(CCCCCCCCCCNc3c4c(nc5ccccc35)CCCC4)C(=O)O)cc12. The van der Waals surface area contributed by atoms with Crippen LogP contribution in [0.5, 0.6) is 0 Å². The fourth-order valence-electron chi connectivity index (χ4n) is 6.49. The molecule has 1 aliphatic rings. The summed E-state index contributed by atoms with van der Waals surface area (Å²) < 4.78 is 0.323. The molecule has 0 spiro atoms. The van der Waals surface area contributed by atoms with Gasteiger partial charge in [0.25, 0.3) is 0 Å². The van der Waals surface area contributed by atoms with Crippen molar-refractivity contribution in [2.24, 2.45) is 0 Å². The van der Waals surface area contributed by atoms with Gasteiger partial charge in [-0.2, -0.15) is 0 Å². The van der Waals surface area contributed by atoms with Crippen LogP contribution in [-0.4, -0.2) is 54.6 Å². The fraction of sp³-hybridized carbons (Fsp3) is 0.472. The topological polar surface area (TPSA) is 98.3 Å². The molecular weight excluding hydrogens is 611 g/mol. The van der Waals surface area contributed by atoms with Crippen LogP contribution in [-0.2, 0) is 24.1 Å². The summed E-state index contributed by atoms with van der Waals surface area (Å²) in [5, 5.41) is 17.0. The maximum atomic E-state index is 12.1. The predicted molar refractivity (Wildman–Crippen MR) is 184 cm³/mol. The van der Waals surface area contributed by atoms with Gasteiger partial charge in [0.05, 0.1) is 5.52 Å². The first-order valence-corrected chi connectivity index (χ1v) is 19.0. The summed E-state index contributed by atoms with van der Waals surface area (Å²) >= 11 is -0.563. The summed E-state index contributed by atoms with van der Waals surface area (Å²) in [6, 6.07) is 14.4. The van der Waals surface area contributed by atoms with E-state index in [9.17, 15) is 14.7 Å².